The predicted octanol–water partition coefficient (Wildman–Crippen LogP) is 1.12. The molecule has 0 N–H and O–H groups in total. The second-order valence-corrected chi connectivity index (χ2v) is 3.01. The van der Waals surface area contributed by atoms with E-state index in [4.69, 9.17) is 0 Å². The van der Waals surface area contributed by atoms with Crippen LogP contribution in [0.1, 0.15) is 13.3 Å². The maximum Gasteiger partial charge on any atom is 0.254 e. The molecule has 1 heterocycles. The van der Waals surface area contributed by atoms with Crippen molar-refractivity contribution in [3.05, 3.63) is 0 Å². The van der Waals surface area contributed by atoms with Crippen LogP contribution in [0.15, 0.2) is 0 Å². The highest BCUT2D eigenvalue weighted by Crippen LogP contribution is 2.32. The van der Waals surface area contributed by atoms with E-state index in [1.165, 1.54) is 11.8 Å². The number of likely N-dealkylation sites (tertiary alicyclic amines) is 1. The molecule has 1 aliphatic rings. The minimum absolute atomic E-state index is 0.177. The molecule has 1 fully saturated rings. The Kier molecular flexibility index (Phi) is 2.11. The number of amides is 1. The minimum atomic E-state index is -2.58. The monoisotopic (exact) mass is 163 g/mol. The van der Waals surface area contributed by atoms with Crippen LogP contribution in [0.25, 0.3) is 0 Å². The van der Waals surface area contributed by atoms with E-state index < -0.39 is 11.8 Å². The van der Waals surface area contributed by atoms with Crippen molar-refractivity contribution in [1.29, 1.82) is 0 Å². The zero-order chi connectivity index (χ0) is 8.48. The van der Waals surface area contributed by atoms with Gasteiger partial charge in [-0.2, -0.15) is 0 Å². The van der Waals surface area contributed by atoms with Gasteiger partial charge in [0.15, 0.2) is 0 Å². The first-order chi connectivity index (χ1) is 5.06. The molecule has 0 radical (unpaired) electrons. The molecule has 0 bridgehead atoms. The van der Waals surface area contributed by atoms with Crippen molar-refractivity contribution in [3.63, 3.8) is 0 Å². The average Bonchev–Trinajstić information content (AvgIpc) is 1.95. The maximum atomic E-state index is 12.8. The summed E-state index contributed by atoms with van der Waals surface area (Å²) in [5.41, 5.74) is 0. The van der Waals surface area contributed by atoms with Gasteiger partial charge < -0.3 is 4.90 Å². The van der Waals surface area contributed by atoms with Gasteiger partial charge in [-0.1, -0.05) is 6.92 Å². The third kappa shape index (κ3) is 1.67. The number of alkyl halides is 2. The molecule has 0 aliphatic carbocycles. The fourth-order valence-corrected chi connectivity index (χ4v) is 1.21. The molecule has 1 unspecified atom stereocenters. The second-order valence-electron chi connectivity index (χ2n) is 3.01. The molecule has 64 valence electrons. The van der Waals surface area contributed by atoms with Crippen molar-refractivity contribution >= 4 is 6.41 Å². The molecule has 0 aromatic carbocycles. The van der Waals surface area contributed by atoms with E-state index in [1.54, 1.807) is 0 Å². The number of piperidine rings is 1. The van der Waals surface area contributed by atoms with E-state index in [1.807, 2.05) is 0 Å². The summed E-state index contributed by atoms with van der Waals surface area (Å²) in [7, 11) is 0. The Morgan fingerprint density at radius 2 is 2.27 bits per heavy atom. The molecule has 0 saturated carbocycles. The third-order valence-electron chi connectivity index (χ3n) is 2.11. The molecule has 0 aromatic rings. The first-order valence-corrected chi connectivity index (χ1v) is 3.63. The number of nitrogens with zero attached hydrogens (tertiary/aromatic N) is 1. The summed E-state index contributed by atoms with van der Waals surface area (Å²) in [5.74, 6) is -3.29. The summed E-state index contributed by atoms with van der Waals surface area (Å²) < 4.78 is 25.5. The lowest BCUT2D eigenvalue weighted by atomic mass is 9.96. The Morgan fingerprint density at radius 3 is 2.73 bits per heavy atom. The highest BCUT2D eigenvalue weighted by atomic mass is 19.3. The number of halogens is 2. The molecular formula is C7H11F2NO. The van der Waals surface area contributed by atoms with E-state index in [9.17, 15) is 13.6 Å². The zero-order valence-corrected chi connectivity index (χ0v) is 6.39. The van der Waals surface area contributed by atoms with Crippen LogP contribution in [0.2, 0.25) is 0 Å². The Labute approximate surface area is 64.2 Å². The highest BCUT2D eigenvalue weighted by Gasteiger charge is 2.40. The van der Waals surface area contributed by atoms with Gasteiger partial charge in [-0.05, 0) is 0 Å². The van der Waals surface area contributed by atoms with Crippen molar-refractivity contribution in [3.8, 4) is 0 Å². The Hall–Kier alpha value is -0.670. The summed E-state index contributed by atoms with van der Waals surface area (Å²) in [6.45, 7) is 1.83. The summed E-state index contributed by atoms with van der Waals surface area (Å²) in [6.07, 6.45) is 0.429. The Balaban J connectivity index is 2.54. The molecule has 4 heteroatoms. The van der Waals surface area contributed by atoms with Crippen LogP contribution in [-0.2, 0) is 4.79 Å². The average molecular weight is 163 g/mol. The second kappa shape index (κ2) is 2.75. The summed E-state index contributed by atoms with van der Waals surface area (Å²) >= 11 is 0. The molecule has 1 saturated heterocycles. The van der Waals surface area contributed by atoms with Crippen LogP contribution < -0.4 is 0 Å². The number of hydrogen-bond acceptors (Lipinski definition) is 1. The van der Waals surface area contributed by atoms with E-state index in [2.05, 4.69) is 0 Å². The lowest BCUT2D eigenvalue weighted by Gasteiger charge is -2.34. The van der Waals surface area contributed by atoms with Gasteiger partial charge in [-0.3, -0.25) is 4.79 Å². The van der Waals surface area contributed by atoms with E-state index >= 15 is 0 Å². The van der Waals surface area contributed by atoms with Gasteiger partial charge in [0.2, 0.25) is 6.41 Å². The van der Waals surface area contributed by atoms with Crippen molar-refractivity contribution in [2.45, 2.75) is 19.3 Å². The molecule has 0 spiro atoms. The molecule has 1 aliphatic heterocycles. The van der Waals surface area contributed by atoms with Crippen molar-refractivity contribution < 1.29 is 13.6 Å². The van der Waals surface area contributed by atoms with Crippen LogP contribution in [0, 0.1) is 5.92 Å². The van der Waals surface area contributed by atoms with Crippen LogP contribution in [0.3, 0.4) is 0 Å². The molecule has 0 aromatic heterocycles. The van der Waals surface area contributed by atoms with Crippen LogP contribution in [0.4, 0.5) is 8.78 Å². The topological polar surface area (TPSA) is 20.3 Å². The van der Waals surface area contributed by atoms with Gasteiger partial charge in [0.05, 0.1) is 0 Å². The lowest BCUT2D eigenvalue weighted by molar-refractivity contribution is -0.131. The minimum Gasteiger partial charge on any atom is -0.345 e. The van der Waals surface area contributed by atoms with E-state index in [0.717, 1.165) is 0 Å². The third-order valence-corrected chi connectivity index (χ3v) is 2.11. The van der Waals surface area contributed by atoms with Gasteiger partial charge in [0.1, 0.15) is 0 Å². The molecule has 11 heavy (non-hydrogen) atoms. The van der Waals surface area contributed by atoms with Crippen LogP contribution in [0.5, 0.6) is 0 Å². The fourth-order valence-electron chi connectivity index (χ4n) is 1.21. The molecule has 1 rings (SSSR count). The summed E-state index contributed by atoms with van der Waals surface area (Å²) in [6, 6.07) is 0. The first kappa shape index (κ1) is 8.43. The van der Waals surface area contributed by atoms with Gasteiger partial charge in [0.25, 0.3) is 5.92 Å². The van der Waals surface area contributed by atoms with Crippen LogP contribution >= 0.6 is 0 Å². The van der Waals surface area contributed by atoms with E-state index in [0.29, 0.717) is 6.41 Å². The van der Waals surface area contributed by atoms with Crippen molar-refractivity contribution in [2.24, 2.45) is 5.92 Å². The predicted molar refractivity (Wildman–Crippen MR) is 36.4 cm³/mol. The fraction of sp³-hybridized carbons (Fsp3) is 0.857. The smallest absolute Gasteiger partial charge is 0.254 e. The SMILES string of the molecule is CC1CN(C=O)CCC1(F)F. The molecule has 2 nitrogen and oxygen atoms in total. The molecule has 1 atom stereocenters. The van der Waals surface area contributed by atoms with E-state index in [-0.39, 0.29) is 19.5 Å². The van der Waals surface area contributed by atoms with Crippen molar-refractivity contribution in [1.82, 2.24) is 4.90 Å². The largest absolute Gasteiger partial charge is 0.345 e. The summed E-state index contributed by atoms with van der Waals surface area (Å²) in [5, 5.41) is 0. The van der Waals surface area contributed by atoms with Gasteiger partial charge >= 0.3 is 0 Å². The highest BCUT2D eigenvalue weighted by molar-refractivity contribution is 5.47. The van der Waals surface area contributed by atoms with Gasteiger partial charge in [-0.25, -0.2) is 8.78 Å². The number of hydrogen-bond donors (Lipinski definition) is 0. The lowest BCUT2D eigenvalue weighted by Crippen LogP contribution is -2.45. The number of carbonyl (C=O) groups is 1. The zero-order valence-electron chi connectivity index (χ0n) is 6.39. The number of carbonyl (C=O) groups excluding carboxylic acids is 1. The molecule has 1 amide bonds. The Morgan fingerprint density at radius 1 is 1.64 bits per heavy atom. The van der Waals surface area contributed by atoms with Gasteiger partial charge in [0, 0.05) is 25.4 Å². The Bertz CT molecular complexity index is 161. The normalized spacial score (nSPS) is 30.1. The number of rotatable bonds is 1. The quantitative estimate of drug-likeness (QED) is 0.530. The summed E-state index contributed by atoms with van der Waals surface area (Å²) in [4.78, 5) is 11.6. The standard InChI is InChI=1S/C7H11F2NO/c1-6-4-10(5-11)3-2-7(6,8)9/h5-6H,2-4H2,1H3. The van der Waals surface area contributed by atoms with Crippen molar-refractivity contribution in [2.75, 3.05) is 13.1 Å². The van der Waals surface area contributed by atoms with Gasteiger partial charge in [-0.15, -0.1) is 0 Å². The first-order valence-electron chi connectivity index (χ1n) is 3.63. The molecular weight excluding hydrogens is 152 g/mol. The van der Waals surface area contributed by atoms with Crippen LogP contribution in [-0.4, -0.2) is 30.3 Å². The maximum absolute atomic E-state index is 12.8.